The van der Waals surface area contributed by atoms with Crippen LogP contribution >= 0.6 is 0 Å². The molecule has 1 aromatic heterocycles. The summed E-state index contributed by atoms with van der Waals surface area (Å²) in [4.78, 5) is 6.73. The van der Waals surface area contributed by atoms with Crippen LogP contribution in [-0.4, -0.2) is 42.2 Å². The number of likely N-dealkylation sites (N-methyl/N-ethyl adjacent to an activating group) is 1. The zero-order chi connectivity index (χ0) is 13.7. The molecule has 0 bridgehead atoms. The molecule has 1 aliphatic rings. The first kappa shape index (κ1) is 14.3. The van der Waals surface area contributed by atoms with Gasteiger partial charge in [0.15, 0.2) is 0 Å². The third-order valence-corrected chi connectivity index (χ3v) is 3.71. The number of nitrogens with zero attached hydrogens (tertiary/aromatic N) is 2. The summed E-state index contributed by atoms with van der Waals surface area (Å²) < 4.78 is 5.63. The van der Waals surface area contributed by atoms with Gasteiger partial charge in [-0.2, -0.15) is 0 Å². The highest BCUT2D eigenvalue weighted by molar-refractivity contribution is 5.37. The van der Waals surface area contributed by atoms with Gasteiger partial charge in [0.1, 0.15) is 5.82 Å². The lowest BCUT2D eigenvalue weighted by Gasteiger charge is -2.26. The van der Waals surface area contributed by atoms with Crippen molar-refractivity contribution in [3.63, 3.8) is 0 Å². The molecule has 2 atom stereocenters. The molecule has 19 heavy (non-hydrogen) atoms. The number of hydrogen-bond donors (Lipinski definition) is 1. The largest absolute Gasteiger partial charge is 0.377 e. The summed E-state index contributed by atoms with van der Waals surface area (Å²) in [5.41, 5.74) is 1.30. The van der Waals surface area contributed by atoms with Crippen molar-refractivity contribution in [1.82, 2.24) is 9.88 Å². The Bertz CT molecular complexity index is 397. The molecule has 0 spiro atoms. The van der Waals surface area contributed by atoms with Crippen molar-refractivity contribution in [2.75, 3.05) is 25.5 Å². The summed E-state index contributed by atoms with van der Waals surface area (Å²) in [6, 6.07) is 4.76. The highest BCUT2D eigenvalue weighted by atomic mass is 16.5. The average Bonchev–Trinajstić information content (AvgIpc) is 2.83. The number of aromatic nitrogens is 1. The molecular formula is C15H25N3O. The second-order valence-corrected chi connectivity index (χ2v) is 5.32. The normalized spacial score (nSPS) is 22.9. The van der Waals surface area contributed by atoms with E-state index in [0.29, 0.717) is 12.1 Å². The Kier molecular flexibility index (Phi) is 5.16. The summed E-state index contributed by atoms with van der Waals surface area (Å²) in [6.07, 6.45) is 4.46. The van der Waals surface area contributed by atoms with E-state index in [1.165, 1.54) is 5.56 Å². The summed E-state index contributed by atoms with van der Waals surface area (Å²) in [6.45, 7) is 7.12. The van der Waals surface area contributed by atoms with E-state index in [1.54, 1.807) is 0 Å². The maximum Gasteiger partial charge on any atom is 0.126 e. The lowest BCUT2D eigenvalue weighted by molar-refractivity contribution is 0.0814. The van der Waals surface area contributed by atoms with E-state index in [9.17, 15) is 0 Å². The molecule has 0 amide bonds. The molecule has 4 nitrogen and oxygen atoms in total. The molecule has 1 saturated heterocycles. The fourth-order valence-corrected chi connectivity index (χ4v) is 2.63. The second-order valence-electron chi connectivity index (χ2n) is 5.32. The molecule has 4 heteroatoms. The number of hydrogen-bond acceptors (Lipinski definition) is 4. The van der Waals surface area contributed by atoms with Crippen molar-refractivity contribution in [3.8, 4) is 0 Å². The van der Waals surface area contributed by atoms with Crippen LogP contribution in [0.1, 0.15) is 32.3 Å². The van der Waals surface area contributed by atoms with Gasteiger partial charge in [0.2, 0.25) is 0 Å². The summed E-state index contributed by atoms with van der Waals surface area (Å²) in [7, 11) is 2.18. The summed E-state index contributed by atoms with van der Waals surface area (Å²) in [5.74, 6) is 0.975. The van der Waals surface area contributed by atoms with Crippen molar-refractivity contribution < 1.29 is 4.74 Å². The Morgan fingerprint density at radius 1 is 1.53 bits per heavy atom. The Morgan fingerprint density at radius 2 is 2.37 bits per heavy atom. The molecule has 0 radical (unpaired) electrons. The Hall–Kier alpha value is -1.13. The lowest BCUT2D eigenvalue weighted by Crippen LogP contribution is -2.36. The van der Waals surface area contributed by atoms with Crippen molar-refractivity contribution in [2.45, 2.75) is 45.4 Å². The predicted molar refractivity (Wildman–Crippen MR) is 78.3 cm³/mol. The molecule has 2 unspecified atom stereocenters. The van der Waals surface area contributed by atoms with E-state index in [4.69, 9.17) is 4.74 Å². The smallest absolute Gasteiger partial charge is 0.126 e. The van der Waals surface area contributed by atoms with Crippen molar-refractivity contribution in [3.05, 3.63) is 23.9 Å². The zero-order valence-corrected chi connectivity index (χ0v) is 12.2. The molecule has 0 aliphatic carbocycles. The fourth-order valence-electron chi connectivity index (χ4n) is 2.63. The first-order chi connectivity index (χ1) is 9.20. The minimum Gasteiger partial charge on any atom is -0.377 e. The molecule has 106 valence electrons. The summed E-state index contributed by atoms with van der Waals surface area (Å²) >= 11 is 0. The third-order valence-electron chi connectivity index (χ3n) is 3.71. The van der Waals surface area contributed by atoms with E-state index >= 15 is 0 Å². The average molecular weight is 263 g/mol. The second kappa shape index (κ2) is 6.87. The van der Waals surface area contributed by atoms with Crippen LogP contribution < -0.4 is 5.32 Å². The number of ether oxygens (including phenoxy) is 1. The van der Waals surface area contributed by atoms with Gasteiger partial charge in [0.25, 0.3) is 0 Å². The highest BCUT2D eigenvalue weighted by Gasteiger charge is 2.27. The molecule has 1 N–H and O–H groups in total. The van der Waals surface area contributed by atoms with Crippen LogP contribution in [0.2, 0.25) is 0 Å². The van der Waals surface area contributed by atoms with Crippen LogP contribution in [0, 0.1) is 0 Å². The zero-order valence-electron chi connectivity index (χ0n) is 12.2. The minimum atomic E-state index is 0.338. The SMILES string of the molecule is CCCNc1cc(CN(C)C2CCOC2C)ccn1. The van der Waals surface area contributed by atoms with Crippen molar-refractivity contribution in [1.29, 1.82) is 0 Å². The van der Waals surface area contributed by atoms with Gasteiger partial charge in [-0.1, -0.05) is 6.92 Å². The first-order valence-corrected chi connectivity index (χ1v) is 7.21. The molecule has 1 aliphatic heterocycles. The topological polar surface area (TPSA) is 37.4 Å². The van der Waals surface area contributed by atoms with Crippen LogP contribution in [-0.2, 0) is 11.3 Å². The standard InChI is InChI=1S/C15H25N3O/c1-4-7-16-15-10-13(5-8-17-15)11-18(3)14-6-9-19-12(14)2/h5,8,10,12,14H,4,6-7,9,11H2,1-3H3,(H,16,17). The minimum absolute atomic E-state index is 0.338. The van der Waals surface area contributed by atoms with E-state index < -0.39 is 0 Å². The fraction of sp³-hybridized carbons (Fsp3) is 0.667. The van der Waals surface area contributed by atoms with Crippen LogP contribution in [0.25, 0.3) is 0 Å². The molecule has 0 aromatic carbocycles. The molecule has 1 aromatic rings. The molecule has 1 fully saturated rings. The summed E-state index contributed by atoms with van der Waals surface area (Å²) in [5, 5.41) is 3.33. The van der Waals surface area contributed by atoms with E-state index in [-0.39, 0.29) is 0 Å². The number of rotatable bonds is 6. The quantitative estimate of drug-likeness (QED) is 0.855. The molecule has 0 saturated carbocycles. The van der Waals surface area contributed by atoms with Gasteiger partial charge in [-0.15, -0.1) is 0 Å². The van der Waals surface area contributed by atoms with Gasteiger partial charge in [0.05, 0.1) is 6.10 Å². The third kappa shape index (κ3) is 3.91. The maximum absolute atomic E-state index is 5.63. The Morgan fingerprint density at radius 3 is 3.05 bits per heavy atom. The van der Waals surface area contributed by atoms with E-state index in [2.05, 4.69) is 48.2 Å². The van der Waals surface area contributed by atoms with Gasteiger partial charge in [0, 0.05) is 31.9 Å². The Labute approximate surface area is 116 Å². The van der Waals surface area contributed by atoms with Gasteiger partial charge in [-0.05, 0) is 44.5 Å². The van der Waals surface area contributed by atoms with Crippen molar-refractivity contribution >= 4 is 5.82 Å². The van der Waals surface area contributed by atoms with Crippen molar-refractivity contribution in [2.24, 2.45) is 0 Å². The van der Waals surface area contributed by atoms with E-state index in [0.717, 1.165) is 38.4 Å². The molecular weight excluding hydrogens is 238 g/mol. The van der Waals surface area contributed by atoms with Crippen LogP contribution in [0.4, 0.5) is 5.82 Å². The molecule has 2 heterocycles. The number of nitrogens with one attached hydrogen (secondary N) is 1. The number of anilines is 1. The van der Waals surface area contributed by atoms with Gasteiger partial charge in [-0.25, -0.2) is 4.98 Å². The van der Waals surface area contributed by atoms with Gasteiger partial charge >= 0.3 is 0 Å². The van der Waals surface area contributed by atoms with Crippen LogP contribution in [0.5, 0.6) is 0 Å². The predicted octanol–water partition coefficient (Wildman–Crippen LogP) is 2.51. The highest BCUT2D eigenvalue weighted by Crippen LogP contribution is 2.20. The maximum atomic E-state index is 5.63. The van der Waals surface area contributed by atoms with Gasteiger partial charge < -0.3 is 10.1 Å². The first-order valence-electron chi connectivity index (χ1n) is 7.21. The van der Waals surface area contributed by atoms with Crippen LogP contribution in [0.3, 0.4) is 0 Å². The monoisotopic (exact) mass is 263 g/mol. The van der Waals surface area contributed by atoms with Gasteiger partial charge in [-0.3, -0.25) is 4.90 Å². The van der Waals surface area contributed by atoms with E-state index in [1.807, 2.05) is 6.20 Å². The van der Waals surface area contributed by atoms with Crippen LogP contribution in [0.15, 0.2) is 18.3 Å². The molecule has 2 rings (SSSR count). The lowest BCUT2D eigenvalue weighted by atomic mass is 10.1. The Balaban J connectivity index is 1.94. The number of pyridine rings is 1.